The standard InChI is InChI=1S/C33H29ClF3N3O3/c1-43-32(42)30(28-8-4-5-9-29(28)34)40-20-18-39(19-21-40)25-16-14-24(15-17-25)38-31(41)27-7-3-2-6-26(27)22-10-12-23(13-11-22)33(35,36)37/h2-17,30H,18-21H2,1H3,(H,38,41). The Morgan fingerprint density at radius 1 is 0.837 bits per heavy atom. The monoisotopic (exact) mass is 607 g/mol. The van der Waals surface area contributed by atoms with E-state index in [9.17, 15) is 22.8 Å². The molecule has 0 aromatic heterocycles. The number of rotatable bonds is 7. The fourth-order valence-electron chi connectivity index (χ4n) is 5.25. The maximum absolute atomic E-state index is 13.2. The number of amides is 1. The number of nitrogens with zero attached hydrogens (tertiary/aromatic N) is 2. The lowest BCUT2D eigenvalue weighted by Crippen LogP contribution is -2.49. The fraction of sp³-hybridized carbons (Fsp3) is 0.212. The topological polar surface area (TPSA) is 61.9 Å². The summed E-state index contributed by atoms with van der Waals surface area (Å²) in [4.78, 5) is 30.1. The number of halogens is 4. The third-order valence-electron chi connectivity index (χ3n) is 7.49. The van der Waals surface area contributed by atoms with Crippen LogP contribution >= 0.6 is 11.6 Å². The van der Waals surface area contributed by atoms with Crippen molar-refractivity contribution in [1.29, 1.82) is 0 Å². The zero-order valence-corrected chi connectivity index (χ0v) is 24.0. The molecule has 0 saturated carbocycles. The van der Waals surface area contributed by atoms with Crippen molar-refractivity contribution in [2.24, 2.45) is 0 Å². The number of carbonyl (C=O) groups excluding carboxylic acids is 2. The van der Waals surface area contributed by atoms with Crippen LogP contribution in [0.3, 0.4) is 0 Å². The highest BCUT2D eigenvalue weighted by Gasteiger charge is 2.33. The first kappa shape index (κ1) is 30.1. The first-order valence-electron chi connectivity index (χ1n) is 13.6. The maximum atomic E-state index is 13.2. The second-order valence-corrected chi connectivity index (χ2v) is 10.5. The van der Waals surface area contributed by atoms with Crippen molar-refractivity contribution in [2.45, 2.75) is 12.2 Å². The Bertz CT molecular complexity index is 1590. The summed E-state index contributed by atoms with van der Waals surface area (Å²) in [6.07, 6.45) is -4.43. The van der Waals surface area contributed by atoms with Gasteiger partial charge in [0.1, 0.15) is 6.04 Å². The van der Waals surface area contributed by atoms with Crippen LogP contribution in [-0.4, -0.2) is 50.1 Å². The third kappa shape index (κ3) is 6.84. The largest absolute Gasteiger partial charge is 0.468 e. The van der Waals surface area contributed by atoms with E-state index in [1.54, 1.807) is 42.5 Å². The minimum atomic E-state index is -4.43. The molecular weight excluding hydrogens is 579 g/mol. The Morgan fingerprint density at radius 3 is 2.09 bits per heavy atom. The number of hydrogen-bond acceptors (Lipinski definition) is 5. The Balaban J connectivity index is 1.24. The van der Waals surface area contributed by atoms with Crippen molar-refractivity contribution in [3.63, 3.8) is 0 Å². The Labute approximate surface area is 252 Å². The second-order valence-electron chi connectivity index (χ2n) is 10.1. The number of piperazine rings is 1. The molecule has 222 valence electrons. The number of benzene rings is 4. The minimum absolute atomic E-state index is 0.348. The van der Waals surface area contributed by atoms with E-state index in [0.29, 0.717) is 59.1 Å². The predicted molar refractivity (Wildman–Crippen MR) is 161 cm³/mol. The van der Waals surface area contributed by atoms with Crippen LogP contribution in [-0.2, 0) is 15.7 Å². The molecule has 10 heteroatoms. The quantitative estimate of drug-likeness (QED) is 0.223. The van der Waals surface area contributed by atoms with Gasteiger partial charge in [0.2, 0.25) is 0 Å². The van der Waals surface area contributed by atoms with Crippen LogP contribution in [0.25, 0.3) is 11.1 Å². The SMILES string of the molecule is COC(=O)C(c1ccccc1Cl)N1CCN(c2ccc(NC(=O)c3ccccc3-c3ccc(C(F)(F)F)cc3)cc2)CC1. The molecule has 0 bridgehead atoms. The van der Waals surface area contributed by atoms with Crippen LogP contribution in [0.2, 0.25) is 5.02 Å². The summed E-state index contributed by atoms with van der Waals surface area (Å²) in [5.74, 6) is -0.730. The van der Waals surface area contributed by atoms with Gasteiger partial charge in [0.15, 0.2) is 0 Å². The Morgan fingerprint density at radius 2 is 1.47 bits per heavy atom. The van der Waals surface area contributed by atoms with Crippen LogP contribution in [0.15, 0.2) is 97.1 Å². The molecule has 1 heterocycles. The predicted octanol–water partition coefficient (Wildman–Crippen LogP) is 7.31. The summed E-state index contributed by atoms with van der Waals surface area (Å²) in [6, 6.07) is 25.7. The highest BCUT2D eigenvalue weighted by atomic mass is 35.5. The lowest BCUT2D eigenvalue weighted by Gasteiger charge is -2.39. The number of ether oxygens (including phenoxy) is 1. The van der Waals surface area contributed by atoms with Gasteiger partial charge in [0.05, 0.1) is 12.7 Å². The molecule has 1 atom stereocenters. The summed E-state index contributed by atoms with van der Waals surface area (Å²) >= 11 is 6.40. The molecule has 4 aromatic rings. The van der Waals surface area contributed by atoms with Gasteiger partial charge in [-0.1, -0.05) is 60.1 Å². The highest BCUT2D eigenvalue weighted by molar-refractivity contribution is 6.31. The Kier molecular flexibility index (Phi) is 9.03. The molecule has 1 aliphatic heterocycles. The molecule has 1 N–H and O–H groups in total. The smallest absolute Gasteiger partial charge is 0.416 e. The van der Waals surface area contributed by atoms with Crippen LogP contribution in [0.5, 0.6) is 0 Å². The van der Waals surface area contributed by atoms with Gasteiger partial charge in [0, 0.05) is 48.1 Å². The zero-order valence-electron chi connectivity index (χ0n) is 23.3. The van der Waals surface area contributed by atoms with E-state index in [1.807, 2.05) is 30.3 Å². The maximum Gasteiger partial charge on any atom is 0.416 e. The van der Waals surface area contributed by atoms with E-state index in [1.165, 1.54) is 19.2 Å². The highest BCUT2D eigenvalue weighted by Crippen LogP contribution is 2.33. The molecule has 43 heavy (non-hydrogen) atoms. The summed E-state index contributed by atoms with van der Waals surface area (Å²) in [7, 11) is 1.37. The number of alkyl halides is 3. The van der Waals surface area contributed by atoms with Gasteiger partial charge >= 0.3 is 12.1 Å². The molecule has 1 aliphatic rings. The van der Waals surface area contributed by atoms with Gasteiger partial charge in [0.25, 0.3) is 5.91 Å². The normalized spacial score (nSPS) is 14.7. The molecule has 1 amide bonds. The van der Waals surface area contributed by atoms with E-state index in [0.717, 1.165) is 17.8 Å². The van der Waals surface area contributed by atoms with Crippen molar-refractivity contribution in [3.05, 3.63) is 119 Å². The van der Waals surface area contributed by atoms with Crippen LogP contribution < -0.4 is 10.2 Å². The van der Waals surface area contributed by atoms with E-state index < -0.39 is 17.8 Å². The second kappa shape index (κ2) is 12.9. The number of methoxy groups -OCH3 is 1. The van der Waals surface area contributed by atoms with Gasteiger partial charge < -0.3 is 15.0 Å². The molecule has 5 rings (SSSR count). The molecule has 1 unspecified atom stereocenters. The molecule has 0 aliphatic carbocycles. The van der Waals surface area contributed by atoms with E-state index in [-0.39, 0.29) is 11.9 Å². The van der Waals surface area contributed by atoms with E-state index in [2.05, 4.69) is 15.1 Å². The van der Waals surface area contributed by atoms with Crippen molar-refractivity contribution >= 4 is 34.9 Å². The van der Waals surface area contributed by atoms with Gasteiger partial charge in [-0.25, -0.2) is 4.79 Å². The zero-order chi connectivity index (χ0) is 30.6. The molecule has 0 radical (unpaired) electrons. The average Bonchev–Trinajstić information content (AvgIpc) is 3.02. The van der Waals surface area contributed by atoms with E-state index in [4.69, 9.17) is 16.3 Å². The van der Waals surface area contributed by atoms with Gasteiger partial charge in [-0.3, -0.25) is 9.69 Å². The van der Waals surface area contributed by atoms with Crippen LogP contribution in [0.1, 0.15) is 27.5 Å². The van der Waals surface area contributed by atoms with Crippen molar-refractivity contribution < 1.29 is 27.5 Å². The molecular formula is C33H29ClF3N3O3. The van der Waals surface area contributed by atoms with Crippen LogP contribution in [0, 0.1) is 0 Å². The molecule has 0 spiro atoms. The lowest BCUT2D eigenvalue weighted by atomic mass is 9.98. The van der Waals surface area contributed by atoms with Crippen molar-refractivity contribution in [1.82, 2.24) is 4.90 Å². The number of esters is 1. The number of anilines is 2. The van der Waals surface area contributed by atoms with Gasteiger partial charge in [-0.2, -0.15) is 13.2 Å². The van der Waals surface area contributed by atoms with Crippen molar-refractivity contribution in [2.75, 3.05) is 43.5 Å². The lowest BCUT2D eigenvalue weighted by molar-refractivity contribution is -0.147. The number of nitrogens with one attached hydrogen (secondary N) is 1. The summed E-state index contributed by atoms with van der Waals surface area (Å²) < 4.78 is 44.1. The third-order valence-corrected chi connectivity index (χ3v) is 7.83. The number of hydrogen-bond donors (Lipinski definition) is 1. The van der Waals surface area contributed by atoms with Crippen LogP contribution in [0.4, 0.5) is 24.5 Å². The average molecular weight is 608 g/mol. The summed E-state index contributed by atoms with van der Waals surface area (Å²) in [6.45, 7) is 2.57. The minimum Gasteiger partial charge on any atom is -0.468 e. The van der Waals surface area contributed by atoms with Gasteiger partial charge in [-0.15, -0.1) is 0 Å². The molecule has 4 aromatic carbocycles. The Hall–Kier alpha value is -4.34. The molecule has 6 nitrogen and oxygen atoms in total. The first-order chi connectivity index (χ1) is 20.7. The summed E-state index contributed by atoms with van der Waals surface area (Å²) in [5.41, 5.74) is 2.91. The molecule has 1 fully saturated rings. The summed E-state index contributed by atoms with van der Waals surface area (Å²) in [5, 5.41) is 3.40. The molecule has 1 saturated heterocycles. The first-order valence-corrected chi connectivity index (χ1v) is 14.0. The van der Waals surface area contributed by atoms with Gasteiger partial charge in [-0.05, 0) is 65.2 Å². The van der Waals surface area contributed by atoms with E-state index >= 15 is 0 Å². The van der Waals surface area contributed by atoms with Crippen molar-refractivity contribution in [3.8, 4) is 11.1 Å². The number of carbonyl (C=O) groups is 2. The fourth-order valence-corrected chi connectivity index (χ4v) is 5.48.